The minimum absolute atomic E-state index is 0.283. The van der Waals surface area contributed by atoms with Crippen molar-refractivity contribution in [3.63, 3.8) is 0 Å². The van der Waals surface area contributed by atoms with Crippen molar-refractivity contribution >= 4 is 0 Å². The van der Waals surface area contributed by atoms with Crippen molar-refractivity contribution in [3.8, 4) is 0 Å². The Labute approximate surface area is 125 Å². The van der Waals surface area contributed by atoms with Crippen LogP contribution >= 0.6 is 0 Å². The van der Waals surface area contributed by atoms with Gasteiger partial charge in [-0.3, -0.25) is 4.90 Å². The Hall–Kier alpha value is -0.0800. The van der Waals surface area contributed by atoms with E-state index in [1.807, 2.05) is 0 Å². The number of rotatable bonds is 2. The molecule has 1 saturated heterocycles. The van der Waals surface area contributed by atoms with E-state index in [9.17, 15) is 0 Å². The van der Waals surface area contributed by atoms with Gasteiger partial charge in [-0.05, 0) is 62.4 Å². The Balaban J connectivity index is 1.74. The number of hydrogen-bond donors (Lipinski definition) is 1. The fourth-order valence-electron chi connectivity index (χ4n) is 5.68. The quantitative estimate of drug-likeness (QED) is 0.829. The van der Waals surface area contributed by atoms with Crippen LogP contribution in [0.4, 0.5) is 0 Å². The molecule has 1 spiro atoms. The van der Waals surface area contributed by atoms with Gasteiger partial charge in [0.1, 0.15) is 0 Å². The smallest absolute Gasteiger partial charge is 0.0382 e. The molecule has 2 N–H and O–H groups in total. The van der Waals surface area contributed by atoms with Crippen molar-refractivity contribution in [1.29, 1.82) is 0 Å². The number of nitrogens with zero attached hydrogens (tertiary/aromatic N) is 1. The molecule has 2 heteroatoms. The Morgan fingerprint density at radius 2 is 1.35 bits per heavy atom. The zero-order valence-corrected chi connectivity index (χ0v) is 13.7. The van der Waals surface area contributed by atoms with Crippen LogP contribution in [0.3, 0.4) is 0 Å². The van der Waals surface area contributed by atoms with E-state index < -0.39 is 0 Å². The normalized spacial score (nSPS) is 37.4. The molecule has 2 aliphatic carbocycles. The molecule has 1 unspecified atom stereocenters. The van der Waals surface area contributed by atoms with Crippen LogP contribution < -0.4 is 5.73 Å². The highest BCUT2D eigenvalue weighted by molar-refractivity contribution is 5.07. The summed E-state index contributed by atoms with van der Waals surface area (Å²) < 4.78 is 0. The summed E-state index contributed by atoms with van der Waals surface area (Å²) in [7, 11) is 0. The van der Waals surface area contributed by atoms with Crippen LogP contribution in [0.5, 0.6) is 0 Å². The SMILES string of the molecule is CC1(C)CCCCC1(CN)N1CCC2(CCCC2)CC1. The van der Waals surface area contributed by atoms with Crippen molar-refractivity contribution in [1.82, 2.24) is 4.90 Å². The van der Waals surface area contributed by atoms with Crippen molar-refractivity contribution < 1.29 is 0 Å². The summed E-state index contributed by atoms with van der Waals surface area (Å²) in [5, 5.41) is 0. The molecule has 0 aromatic rings. The number of piperidine rings is 1. The molecular weight excluding hydrogens is 244 g/mol. The minimum Gasteiger partial charge on any atom is -0.329 e. The van der Waals surface area contributed by atoms with Crippen LogP contribution in [-0.4, -0.2) is 30.1 Å². The molecule has 0 amide bonds. The van der Waals surface area contributed by atoms with Crippen molar-refractivity contribution in [2.45, 2.75) is 83.6 Å². The molecule has 0 radical (unpaired) electrons. The first-order valence-corrected chi connectivity index (χ1v) is 8.99. The van der Waals surface area contributed by atoms with Gasteiger partial charge in [0.15, 0.2) is 0 Å². The number of hydrogen-bond acceptors (Lipinski definition) is 2. The van der Waals surface area contributed by atoms with Gasteiger partial charge >= 0.3 is 0 Å². The van der Waals surface area contributed by atoms with Crippen LogP contribution in [-0.2, 0) is 0 Å². The summed E-state index contributed by atoms with van der Waals surface area (Å²) >= 11 is 0. The van der Waals surface area contributed by atoms with Crippen molar-refractivity contribution in [2.75, 3.05) is 19.6 Å². The lowest BCUT2D eigenvalue weighted by molar-refractivity contribution is -0.0713. The predicted molar refractivity (Wildman–Crippen MR) is 85.7 cm³/mol. The van der Waals surface area contributed by atoms with Crippen LogP contribution in [0, 0.1) is 10.8 Å². The van der Waals surface area contributed by atoms with Crippen LogP contribution in [0.15, 0.2) is 0 Å². The highest BCUT2D eigenvalue weighted by Crippen LogP contribution is 2.52. The topological polar surface area (TPSA) is 29.3 Å². The molecule has 3 aliphatic rings. The molecule has 3 fully saturated rings. The highest BCUT2D eigenvalue weighted by atomic mass is 15.2. The zero-order valence-electron chi connectivity index (χ0n) is 13.7. The number of likely N-dealkylation sites (tertiary alicyclic amines) is 1. The van der Waals surface area contributed by atoms with Crippen molar-refractivity contribution in [3.05, 3.63) is 0 Å². The molecule has 1 atom stereocenters. The zero-order chi connectivity index (χ0) is 14.3. The van der Waals surface area contributed by atoms with Crippen LogP contribution in [0.25, 0.3) is 0 Å². The van der Waals surface area contributed by atoms with Crippen molar-refractivity contribution in [2.24, 2.45) is 16.6 Å². The van der Waals surface area contributed by atoms with E-state index in [1.165, 1.54) is 77.3 Å². The van der Waals surface area contributed by atoms with Crippen LogP contribution in [0.1, 0.15) is 78.1 Å². The van der Waals surface area contributed by atoms with Crippen LogP contribution in [0.2, 0.25) is 0 Å². The summed E-state index contributed by atoms with van der Waals surface area (Å²) in [5.74, 6) is 0. The van der Waals surface area contributed by atoms with Gasteiger partial charge in [-0.1, -0.05) is 39.5 Å². The van der Waals surface area contributed by atoms with Gasteiger partial charge < -0.3 is 5.73 Å². The molecule has 2 nitrogen and oxygen atoms in total. The molecule has 1 heterocycles. The van der Waals surface area contributed by atoms with Gasteiger partial charge in [0.2, 0.25) is 0 Å². The van der Waals surface area contributed by atoms with Gasteiger partial charge in [-0.25, -0.2) is 0 Å². The second kappa shape index (κ2) is 5.28. The van der Waals surface area contributed by atoms with Gasteiger partial charge in [0.25, 0.3) is 0 Å². The second-order valence-corrected chi connectivity index (χ2v) is 8.52. The highest BCUT2D eigenvalue weighted by Gasteiger charge is 2.51. The fourth-order valence-corrected chi connectivity index (χ4v) is 5.68. The first kappa shape index (κ1) is 14.8. The third kappa shape index (κ3) is 2.23. The first-order valence-electron chi connectivity index (χ1n) is 8.99. The molecule has 1 aliphatic heterocycles. The average molecular weight is 278 g/mol. The van der Waals surface area contributed by atoms with E-state index in [0.29, 0.717) is 5.41 Å². The standard InChI is InChI=1S/C18H34N2/c1-16(2)7-3-6-10-18(16,15-19)20-13-11-17(12-14-20)8-4-5-9-17/h3-15,19H2,1-2H3. The number of nitrogens with two attached hydrogens (primary N) is 1. The summed E-state index contributed by atoms with van der Waals surface area (Å²) in [5.41, 5.74) is 7.75. The predicted octanol–water partition coefficient (Wildman–Crippen LogP) is 3.94. The van der Waals surface area contributed by atoms with Gasteiger partial charge in [-0.15, -0.1) is 0 Å². The maximum atomic E-state index is 6.35. The Kier molecular flexibility index (Phi) is 3.92. The van der Waals surface area contributed by atoms with E-state index in [-0.39, 0.29) is 5.54 Å². The van der Waals surface area contributed by atoms with E-state index in [0.717, 1.165) is 12.0 Å². The average Bonchev–Trinajstić information content (AvgIpc) is 2.88. The molecule has 2 saturated carbocycles. The molecule has 0 bridgehead atoms. The second-order valence-electron chi connectivity index (χ2n) is 8.52. The van der Waals surface area contributed by atoms with E-state index >= 15 is 0 Å². The molecule has 0 aromatic carbocycles. The maximum Gasteiger partial charge on any atom is 0.0382 e. The lowest BCUT2D eigenvalue weighted by atomic mass is 9.61. The third-order valence-corrected chi connectivity index (χ3v) is 7.33. The summed E-state index contributed by atoms with van der Waals surface area (Å²) in [6.45, 7) is 8.41. The van der Waals surface area contributed by atoms with Gasteiger partial charge in [0.05, 0.1) is 0 Å². The van der Waals surface area contributed by atoms with E-state index in [1.54, 1.807) is 0 Å². The monoisotopic (exact) mass is 278 g/mol. The summed E-state index contributed by atoms with van der Waals surface area (Å²) in [4.78, 5) is 2.82. The van der Waals surface area contributed by atoms with Gasteiger partial charge in [0, 0.05) is 12.1 Å². The fraction of sp³-hybridized carbons (Fsp3) is 1.00. The first-order chi connectivity index (χ1) is 9.54. The molecule has 0 aromatic heterocycles. The third-order valence-electron chi connectivity index (χ3n) is 7.33. The lowest BCUT2D eigenvalue weighted by Gasteiger charge is -2.58. The molecule has 3 rings (SSSR count). The summed E-state index contributed by atoms with van der Waals surface area (Å²) in [6.07, 6.45) is 14.3. The molecule has 20 heavy (non-hydrogen) atoms. The Morgan fingerprint density at radius 1 is 0.800 bits per heavy atom. The van der Waals surface area contributed by atoms with E-state index in [4.69, 9.17) is 5.73 Å². The Morgan fingerprint density at radius 3 is 1.90 bits per heavy atom. The largest absolute Gasteiger partial charge is 0.329 e. The molecular formula is C18H34N2. The minimum atomic E-state index is 0.283. The Bertz CT molecular complexity index is 333. The molecule has 116 valence electrons. The van der Waals surface area contributed by atoms with E-state index in [2.05, 4.69) is 18.7 Å². The summed E-state index contributed by atoms with van der Waals surface area (Å²) in [6, 6.07) is 0. The maximum absolute atomic E-state index is 6.35. The lowest BCUT2D eigenvalue weighted by Crippen LogP contribution is -2.65. The van der Waals surface area contributed by atoms with Gasteiger partial charge in [-0.2, -0.15) is 0 Å².